The van der Waals surface area contributed by atoms with Gasteiger partial charge in [0.15, 0.2) is 0 Å². The van der Waals surface area contributed by atoms with Crippen LogP contribution in [0.15, 0.2) is 28.7 Å². The first kappa shape index (κ1) is 13.1. The molecule has 1 aromatic rings. The van der Waals surface area contributed by atoms with E-state index in [9.17, 15) is 0 Å². The number of halogens is 1. The van der Waals surface area contributed by atoms with E-state index in [1.165, 1.54) is 42.4 Å². The Morgan fingerprint density at radius 2 is 2.00 bits per heavy atom. The molecule has 0 aliphatic carbocycles. The van der Waals surface area contributed by atoms with Crippen molar-refractivity contribution in [1.82, 2.24) is 4.90 Å². The fourth-order valence-corrected chi connectivity index (χ4v) is 2.84. The van der Waals surface area contributed by atoms with Gasteiger partial charge in [-0.3, -0.25) is 4.90 Å². The molecule has 1 fully saturated rings. The Balaban J connectivity index is 2.01. The molecule has 1 atom stereocenters. The average Bonchev–Trinajstić information content (AvgIpc) is 2.75. The van der Waals surface area contributed by atoms with Gasteiger partial charge in [-0.05, 0) is 56.0 Å². The topological polar surface area (TPSA) is 3.24 Å². The zero-order valence-electron chi connectivity index (χ0n) is 10.8. The number of likely N-dealkylation sites (tertiary alicyclic amines) is 1. The molecule has 0 aromatic heterocycles. The van der Waals surface area contributed by atoms with Crippen LogP contribution in [0.4, 0.5) is 0 Å². The summed E-state index contributed by atoms with van der Waals surface area (Å²) in [4.78, 5) is 2.66. The Kier molecular flexibility index (Phi) is 4.63. The Labute approximate surface area is 113 Å². The normalized spacial score (nSPS) is 21.3. The van der Waals surface area contributed by atoms with Gasteiger partial charge in [-0.25, -0.2) is 0 Å². The lowest BCUT2D eigenvalue weighted by Gasteiger charge is -2.25. The van der Waals surface area contributed by atoms with Crippen LogP contribution >= 0.6 is 15.9 Å². The molecule has 2 rings (SSSR count). The van der Waals surface area contributed by atoms with Crippen LogP contribution in [0.5, 0.6) is 0 Å². The van der Waals surface area contributed by atoms with Gasteiger partial charge < -0.3 is 0 Å². The molecule has 1 saturated heterocycles. The summed E-state index contributed by atoms with van der Waals surface area (Å²) in [6.45, 7) is 7.14. The molecule has 1 nitrogen and oxygen atoms in total. The van der Waals surface area contributed by atoms with Gasteiger partial charge in [-0.15, -0.1) is 0 Å². The third-order valence-corrected chi connectivity index (χ3v) is 4.14. The first-order valence-corrected chi connectivity index (χ1v) is 7.45. The molecule has 0 bridgehead atoms. The number of hydrogen-bond donors (Lipinski definition) is 0. The molecule has 1 aliphatic heterocycles. The highest BCUT2D eigenvalue weighted by molar-refractivity contribution is 9.10. The summed E-state index contributed by atoms with van der Waals surface area (Å²) in [6, 6.07) is 9.51. The van der Waals surface area contributed by atoms with Gasteiger partial charge in [-0.2, -0.15) is 0 Å². The molecular formula is C15H22BrN. The Hall–Kier alpha value is -0.340. The molecule has 94 valence electrons. The molecule has 2 heteroatoms. The minimum atomic E-state index is 0.654. The summed E-state index contributed by atoms with van der Waals surface area (Å²) in [5, 5.41) is 0. The smallest absolute Gasteiger partial charge is 0.0348 e. The van der Waals surface area contributed by atoms with Crippen LogP contribution in [0.25, 0.3) is 0 Å². The Morgan fingerprint density at radius 1 is 1.29 bits per heavy atom. The molecule has 1 unspecified atom stereocenters. The zero-order chi connectivity index (χ0) is 12.3. The molecule has 0 radical (unpaired) electrons. The number of nitrogens with zero attached hydrogens (tertiary/aromatic N) is 1. The van der Waals surface area contributed by atoms with Crippen LogP contribution < -0.4 is 0 Å². The van der Waals surface area contributed by atoms with Crippen molar-refractivity contribution in [1.29, 1.82) is 0 Å². The lowest BCUT2D eigenvalue weighted by atomic mass is 10.0. The highest BCUT2D eigenvalue weighted by Crippen LogP contribution is 2.32. The van der Waals surface area contributed by atoms with Crippen molar-refractivity contribution < 1.29 is 0 Å². The standard InChI is InChI=1S/C15H22BrN/c1-12(2)9-11-17-10-3-4-15(17)13-5-7-14(16)8-6-13/h5-8,12,15H,3-4,9-11H2,1-2H3. The number of benzene rings is 1. The first-order valence-electron chi connectivity index (χ1n) is 6.66. The molecule has 1 aromatic carbocycles. The van der Waals surface area contributed by atoms with Gasteiger partial charge in [0.1, 0.15) is 0 Å². The Bertz CT molecular complexity index is 344. The van der Waals surface area contributed by atoms with Gasteiger partial charge in [-0.1, -0.05) is 41.9 Å². The summed E-state index contributed by atoms with van der Waals surface area (Å²) < 4.78 is 1.17. The SMILES string of the molecule is CC(C)CCN1CCCC1c1ccc(Br)cc1. The molecular weight excluding hydrogens is 274 g/mol. The second-order valence-corrected chi connectivity index (χ2v) is 6.34. The molecule has 1 aliphatic rings. The van der Waals surface area contributed by atoms with E-state index in [1.807, 2.05) is 0 Å². The second-order valence-electron chi connectivity index (χ2n) is 5.43. The average molecular weight is 296 g/mol. The third-order valence-electron chi connectivity index (χ3n) is 3.61. The highest BCUT2D eigenvalue weighted by Gasteiger charge is 2.25. The quantitative estimate of drug-likeness (QED) is 0.783. The fraction of sp³-hybridized carbons (Fsp3) is 0.600. The molecule has 0 saturated carbocycles. The highest BCUT2D eigenvalue weighted by atomic mass is 79.9. The van der Waals surface area contributed by atoms with Crippen molar-refractivity contribution in [3.63, 3.8) is 0 Å². The second kappa shape index (κ2) is 6.01. The van der Waals surface area contributed by atoms with Crippen LogP contribution in [0, 0.1) is 5.92 Å². The van der Waals surface area contributed by atoms with Crippen molar-refractivity contribution >= 4 is 15.9 Å². The van der Waals surface area contributed by atoms with Crippen LogP contribution in [-0.4, -0.2) is 18.0 Å². The van der Waals surface area contributed by atoms with Crippen molar-refractivity contribution in [2.24, 2.45) is 5.92 Å². The van der Waals surface area contributed by atoms with E-state index >= 15 is 0 Å². The number of hydrogen-bond acceptors (Lipinski definition) is 1. The van der Waals surface area contributed by atoms with Gasteiger partial charge in [0.25, 0.3) is 0 Å². The lowest BCUT2D eigenvalue weighted by Crippen LogP contribution is -2.25. The van der Waals surface area contributed by atoms with E-state index in [0.717, 1.165) is 5.92 Å². The summed E-state index contributed by atoms with van der Waals surface area (Å²) in [7, 11) is 0. The van der Waals surface area contributed by atoms with Crippen molar-refractivity contribution in [3.05, 3.63) is 34.3 Å². The molecule has 17 heavy (non-hydrogen) atoms. The third kappa shape index (κ3) is 3.56. The van der Waals surface area contributed by atoms with Crippen molar-refractivity contribution in [2.75, 3.05) is 13.1 Å². The van der Waals surface area contributed by atoms with Gasteiger partial charge >= 0.3 is 0 Å². The minimum absolute atomic E-state index is 0.654. The van der Waals surface area contributed by atoms with E-state index in [2.05, 4.69) is 58.9 Å². The van der Waals surface area contributed by atoms with E-state index in [0.29, 0.717) is 6.04 Å². The fourth-order valence-electron chi connectivity index (χ4n) is 2.58. The molecule has 0 amide bonds. The Morgan fingerprint density at radius 3 is 2.65 bits per heavy atom. The van der Waals surface area contributed by atoms with E-state index in [-0.39, 0.29) is 0 Å². The largest absolute Gasteiger partial charge is 0.296 e. The van der Waals surface area contributed by atoms with Crippen molar-refractivity contribution in [2.45, 2.75) is 39.2 Å². The van der Waals surface area contributed by atoms with E-state index in [1.54, 1.807) is 0 Å². The van der Waals surface area contributed by atoms with Gasteiger partial charge in [0.2, 0.25) is 0 Å². The van der Waals surface area contributed by atoms with E-state index < -0.39 is 0 Å². The lowest BCUT2D eigenvalue weighted by molar-refractivity contribution is 0.242. The van der Waals surface area contributed by atoms with Gasteiger partial charge in [0, 0.05) is 10.5 Å². The predicted octanol–water partition coefficient (Wildman–Crippen LogP) is 4.63. The van der Waals surface area contributed by atoms with Crippen molar-refractivity contribution in [3.8, 4) is 0 Å². The predicted molar refractivity (Wildman–Crippen MR) is 77.1 cm³/mol. The molecule has 0 spiro atoms. The maximum absolute atomic E-state index is 3.51. The maximum Gasteiger partial charge on any atom is 0.0348 e. The van der Waals surface area contributed by atoms with E-state index in [4.69, 9.17) is 0 Å². The number of rotatable bonds is 4. The summed E-state index contributed by atoms with van der Waals surface area (Å²) >= 11 is 3.51. The maximum atomic E-state index is 3.51. The zero-order valence-corrected chi connectivity index (χ0v) is 12.4. The summed E-state index contributed by atoms with van der Waals surface area (Å²) in [5.74, 6) is 0.807. The van der Waals surface area contributed by atoms with Crippen LogP contribution in [0.3, 0.4) is 0 Å². The first-order chi connectivity index (χ1) is 8.16. The van der Waals surface area contributed by atoms with Gasteiger partial charge in [0.05, 0.1) is 0 Å². The van der Waals surface area contributed by atoms with Crippen LogP contribution in [-0.2, 0) is 0 Å². The van der Waals surface area contributed by atoms with Crippen LogP contribution in [0.1, 0.15) is 44.7 Å². The molecule has 1 heterocycles. The minimum Gasteiger partial charge on any atom is -0.296 e. The van der Waals surface area contributed by atoms with Crippen LogP contribution in [0.2, 0.25) is 0 Å². The summed E-state index contributed by atoms with van der Waals surface area (Å²) in [6.07, 6.45) is 3.98. The summed E-state index contributed by atoms with van der Waals surface area (Å²) in [5.41, 5.74) is 1.48. The molecule has 0 N–H and O–H groups in total. The monoisotopic (exact) mass is 295 g/mol.